The van der Waals surface area contributed by atoms with E-state index in [0.717, 1.165) is 23.2 Å². The fraction of sp³-hybridized carbons (Fsp3) is 0.250. The van der Waals surface area contributed by atoms with Crippen molar-refractivity contribution >= 4 is 11.6 Å². The molecule has 25 heavy (non-hydrogen) atoms. The van der Waals surface area contributed by atoms with Gasteiger partial charge in [0.1, 0.15) is 0 Å². The number of anilines is 1. The molecule has 0 atom stereocenters. The molecule has 0 saturated heterocycles. The largest absolute Gasteiger partial charge is 0.339 e. The van der Waals surface area contributed by atoms with E-state index in [-0.39, 0.29) is 5.91 Å². The quantitative estimate of drug-likeness (QED) is 0.734. The third kappa shape index (κ3) is 4.53. The van der Waals surface area contributed by atoms with Crippen LogP contribution in [-0.4, -0.2) is 16.0 Å². The van der Waals surface area contributed by atoms with Crippen LogP contribution in [0.1, 0.15) is 30.4 Å². The summed E-state index contributed by atoms with van der Waals surface area (Å²) in [7, 11) is 0. The number of hydrogen-bond acceptors (Lipinski definition) is 4. The summed E-state index contributed by atoms with van der Waals surface area (Å²) in [5.74, 6) is 0.945. The first-order valence-corrected chi connectivity index (χ1v) is 8.42. The maximum absolute atomic E-state index is 12.0. The Labute approximate surface area is 147 Å². The zero-order valence-electron chi connectivity index (χ0n) is 14.5. The second kappa shape index (κ2) is 7.75. The minimum Gasteiger partial charge on any atom is -0.339 e. The first kappa shape index (κ1) is 16.9. The van der Waals surface area contributed by atoms with Crippen LogP contribution in [-0.2, 0) is 17.6 Å². The molecule has 3 rings (SSSR count). The molecule has 5 heteroatoms. The normalized spacial score (nSPS) is 10.6. The summed E-state index contributed by atoms with van der Waals surface area (Å²) in [4.78, 5) is 16.4. The lowest BCUT2D eigenvalue weighted by atomic mass is 10.1. The first-order valence-electron chi connectivity index (χ1n) is 8.42. The lowest BCUT2D eigenvalue weighted by molar-refractivity contribution is -0.116. The van der Waals surface area contributed by atoms with Gasteiger partial charge in [-0.05, 0) is 31.0 Å². The monoisotopic (exact) mass is 335 g/mol. The van der Waals surface area contributed by atoms with Crippen molar-refractivity contribution in [2.45, 2.75) is 33.1 Å². The van der Waals surface area contributed by atoms with E-state index in [9.17, 15) is 4.79 Å². The van der Waals surface area contributed by atoms with Crippen molar-refractivity contribution in [1.82, 2.24) is 10.1 Å². The van der Waals surface area contributed by atoms with Gasteiger partial charge in [-0.25, -0.2) is 0 Å². The van der Waals surface area contributed by atoms with Crippen LogP contribution < -0.4 is 5.32 Å². The number of carbonyl (C=O) groups is 1. The van der Waals surface area contributed by atoms with Gasteiger partial charge in [-0.15, -0.1) is 0 Å². The first-order chi connectivity index (χ1) is 12.1. The molecule has 128 valence electrons. The maximum Gasteiger partial charge on any atom is 0.227 e. The summed E-state index contributed by atoms with van der Waals surface area (Å²) in [5.41, 5.74) is 4.12. The number of benzene rings is 2. The Morgan fingerprint density at radius 2 is 1.80 bits per heavy atom. The predicted molar refractivity (Wildman–Crippen MR) is 97.2 cm³/mol. The van der Waals surface area contributed by atoms with Gasteiger partial charge in [0, 0.05) is 24.1 Å². The number of carbonyl (C=O) groups excluding carboxylic acids is 1. The molecule has 5 nitrogen and oxygen atoms in total. The summed E-state index contributed by atoms with van der Waals surface area (Å²) >= 11 is 0. The van der Waals surface area contributed by atoms with Gasteiger partial charge in [-0.1, -0.05) is 54.0 Å². The molecule has 0 aliphatic rings. The highest BCUT2D eigenvalue weighted by atomic mass is 16.5. The zero-order valence-corrected chi connectivity index (χ0v) is 14.5. The van der Waals surface area contributed by atoms with Crippen LogP contribution >= 0.6 is 0 Å². The highest BCUT2D eigenvalue weighted by molar-refractivity contribution is 5.90. The average molecular weight is 335 g/mol. The molecule has 0 spiro atoms. The zero-order chi connectivity index (χ0) is 17.6. The molecule has 1 amide bonds. The van der Waals surface area contributed by atoms with Crippen molar-refractivity contribution in [3.05, 3.63) is 65.5 Å². The topological polar surface area (TPSA) is 68.0 Å². The van der Waals surface area contributed by atoms with Crippen LogP contribution in [0.2, 0.25) is 0 Å². The highest BCUT2D eigenvalue weighted by Crippen LogP contribution is 2.17. The van der Waals surface area contributed by atoms with Crippen molar-refractivity contribution in [2.24, 2.45) is 0 Å². The Balaban J connectivity index is 1.55. The fourth-order valence-corrected chi connectivity index (χ4v) is 2.44. The van der Waals surface area contributed by atoms with Crippen molar-refractivity contribution in [3.8, 4) is 11.4 Å². The van der Waals surface area contributed by atoms with Crippen LogP contribution in [0.4, 0.5) is 5.69 Å². The van der Waals surface area contributed by atoms with Crippen LogP contribution in [0.15, 0.2) is 53.1 Å². The van der Waals surface area contributed by atoms with Crippen LogP contribution in [0.5, 0.6) is 0 Å². The molecule has 1 N–H and O–H groups in total. The van der Waals surface area contributed by atoms with Gasteiger partial charge in [0.25, 0.3) is 0 Å². The number of hydrogen-bond donors (Lipinski definition) is 1. The minimum atomic E-state index is -0.0732. The molecule has 0 aliphatic carbocycles. The summed E-state index contributed by atoms with van der Waals surface area (Å²) in [6, 6.07) is 15.8. The standard InChI is InChI=1S/C20H21N3O2/c1-3-15-6-8-16(9-7-15)20-22-19(25-23-20)13-12-18(24)21-17-10-4-14(2)5-11-17/h4-11H,3,12-13H2,1-2H3,(H,21,24). The molecule has 0 unspecified atom stereocenters. The number of rotatable bonds is 6. The Hall–Kier alpha value is -2.95. The van der Waals surface area contributed by atoms with Crippen LogP contribution in [0.25, 0.3) is 11.4 Å². The summed E-state index contributed by atoms with van der Waals surface area (Å²) in [6.07, 6.45) is 1.70. The summed E-state index contributed by atoms with van der Waals surface area (Å²) < 4.78 is 5.25. The molecule has 3 aromatic rings. The van der Waals surface area contributed by atoms with Crippen molar-refractivity contribution in [2.75, 3.05) is 5.32 Å². The van der Waals surface area contributed by atoms with Gasteiger partial charge >= 0.3 is 0 Å². The highest BCUT2D eigenvalue weighted by Gasteiger charge is 2.11. The molecule has 1 aromatic heterocycles. The van der Waals surface area contributed by atoms with Gasteiger partial charge in [0.05, 0.1) is 0 Å². The minimum absolute atomic E-state index is 0.0732. The predicted octanol–water partition coefficient (Wildman–Crippen LogP) is 4.18. The molecular weight excluding hydrogens is 314 g/mol. The second-order valence-corrected chi connectivity index (χ2v) is 5.98. The Morgan fingerprint density at radius 1 is 1.08 bits per heavy atom. The second-order valence-electron chi connectivity index (χ2n) is 5.98. The van der Waals surface area contributed by atoms with E-state index in [1.54, 1.807) is 0 Å². The van der Waals surface area contributed by atoms with E-state index in [1.807, 2.05) is 43.3 Å². The van der Waals surface area contributed by atoms with Crippen molar-refractivity contribution in [1.29, 1.82) is 0 Å². The molecule has 0 bridgehead atoms. The molecule has 0 fully saturated rings. The van der Waals surface area contributed by atoms with Gasteiger partial charge in [0.15, 0.2) is 0 Å². The Morgan fingerprint density at radius 3 is 2.48 bits per heavy atom. The van der Waals surface area contributed by atoms with E-state index >= 15 is 0 Å². The summed E-state index contributed by atoms with van der Waals surface area (Å²) in [6.45, 7) is 4.12. The van der Waals surface area contributed by atoms with Crippen LogP contribution in [0, 0.1) is 6.92 Å². The van der Waals surface area contributed by atoms with Gasteiger partial charge in [-0.2, -0.15) is 4.98 Å². The van der Waals surface area contributed by atoms with Crippen molar-refractivity contribution in [3.63, 3.8) is 0 Å². The number of nitrogens with zero attached hydrogens (tertiary/aromatic N) is 2. The fourth-order valence-electron chi connectivity index (χ4n) is 2.44. The lowest BCUT2D eigenvalue weighted by Gasteiger charge is -2.04. The third-order valence-corrected chi connectivity index (χ3v) is 3.99. The number of aromatic nitrogens is 2. The SMILES string of the molecule is CCc1ccc(-c2noc(CCC(=O)Nc3ccc(C)cc3)n2)cc1. The molecule has 0 radical (unpaired) electrons. The van der Waals surface area contributed by atoms with E-state index < -0.39 is 0 Å². The number of amides is 1. The van der Waals surface area contributed by atoms with E-state index in [1.165, 1.54) is 5.56 Å². The third-order valence-electron chi connectivity index (χ3n) is 3.99. The smallest absolute Gasteiger partial charge is 0.227 e. The molecule has 1 heterocycles. The number of aryl methyl sites for hydroxylation is 3. The molecule has 0 saturated carbocycles. The van der Waals surface area contributed by atoms with E-state index in [0.29, 0.717) is 24.6 Å². The van der Waals surface area contributed by atoms with E-state index in [2.05, 4.69) is 34.5 Å². The van der Waals surface area contributed by atoms with Crippen molar-refractivity contribution < 1.29 is 9.32 Å². The van der Waals surface area contributed by atoms with Gasteiger partial charge < -0.3 is 9.84 Å². The molecule has 0 aliphatic heterocycles. The van der Waals surface area contributed by atoms with Crippen LogP contribution in [0.3, 0.4) is 0 Å². The van der Waals surface area contributed by atoms with Gasteiger partial charge in [-0.3, -0.25) is 4.79 Å². The molecular formula is C20H21N3O2. The van der Waals surface area contributed by atoms with E-state index in [4.69, 9.17) is 4.52 Å². The summed E-state index contributed by atoms with van der Waals surface area (Å²) in [5, 5.41) is 6.86. The average Bonchev–Trinajstić information content (AvgIpc) is 3.11. The Bertz CT molecular complexity index is 836. The van der Waals surface area contributed by atoms with Gasteiger partial charge in [0.2, 0.25) is 17.6 Å². The lowest BCUT2D eigenvalue weighted by Crippen LogP contribution is -2.12. The Kier molecular flexibility index (Phi) is 5.23. The number of nitrogens with one attached hydrogen (secondary N) is 1. The maximum atomic E-state index is 12.0. The molecule has 2 aromatic carbocycles.